The van der Waals surface area contributed by atoms with E-state index in [1.54, 1.807) is 44.2 Å². The van der Waals surface area contributed by atoms with Crippen molar-refractivity contribution in [3.8, 4) is 11.8 Å². The van der Waals surface area contributed by atoms with Gasteiger partial charge in [0.05, 0.1) is 0 Å². The van der Waals surface area contributed by atoms with Crippen LogP contribution >= 0.6 is 0 Å². The molecular weight excluding hydrogens is 346 g/mol. The van der Waals surface area contributed by atoms with Crippen LogP contribution in [0.4, 0.5) is 0 Å². The minimum absolute atomic E-state index is 0.189. The smallest absolute Gasteiger partial charge is 0.267 e. The lowest BCUT2D eigenvalue weighted by molar-refractivity contribution is -0.132. The van der Waals surface area contributed by atoms with Gasteiger partial charge in [-0.15, -0.1) is 0 Å². The van der Waals surface area contributed by atoms with Crippen LogP contribution in [0.1, 0.15) is 36.2 Å². The highest BCUT2D eigenvalue weighted by atomic mass is 16.5. The zero-order chi connectivity index (χ0) is 20.0. The van der Waals surface area contributed by atoms with Gasteiger partial charge in [0.2, 0.25) is 0 Å². The number of aliphatic hydroxyl groups is 1. The average molecular weight is 371 g/mol. The highest BCUT2D eigenvalue weighted by molar-refractivity contribution is 5.98. The molecule has 1 fully saturated rings. The molecule has 0 aliphatic heterocycles. The van der Waals surface area contributed by atoms with E-state index in [1.165, 1.54) is 5.48 Å². The number of carbonyl (C=O) groups is 2. The van der Waals surface area contributed by atoms with E-state index in [4.69, 9.17) is 16.0 Å². The number of hydrogen-bond donors (Lipinski definition) is 5. The first-order valence-corrected chi connectivity index (χ1v) is 8.68. The van der Waals surface area contributed by atoms with Gasteiger partial charge in [-0.05, 0) is 56.0 Å². The van der Waals surface area contributed by atoms with Crippen LogP contribution in [0.25, 0.3) is 6.08 Å². The molecule has 1 aliphatic rings. The van der Waals surface area contributed by atoms with Crippen molar-refractivity contribution in [2.24, 2.45) is 17.6 Å². The molecule has 7 nitrogen and oxygen atoms in total. The van der Waals surface area contributed by atoms with Crippen LogP contribution in [-0.4, -0.2) is 40.3 Å². The van der Waals surface area contributed by atoms with E-state index in [9.17, 15) is 9.59 Å². The van der Waals surface area contributed by atoms with E-state index in [2.05, 4.69) is 17.2 Å². The Bertz CT molecular complexity index is 769. The fourth-order valence-corrected chi connectivity index (χ4v) is 2.53. The highest BCUT2D eigenvalue weighted by Crippen LogP contribution is 2.36. The second-order valence-electron chi connectivity index (χ2n) is 7.23. The fourth-order valence-electron chi connectivity index (χ4n) is 2.53. The van der Waals surface area contributed by atoms with E-state index in [1.807, 2.05) is 6.08 Å². The zero-order valence-corrected chi connectivity index (χ0v) is 15.4. The van der Waals surface area contributed by atoms with E-state index < -0.39 is 23.4 Å². The Morgan fingerprint density at radius 2 is 2.04 bits per heavy atom. The molecule has 3 atom stereocenters. The number of nitrogens with one attached hydrogen (secondary N) is 2. The number of hydrogen-bond acceptors (Lipinski definition) is 5. The van der Waals surface area contributed by atoms with Gasteiger partial charge >= 0.3 is 0 Å². The first kappa shape index (κ1) is 20.6. The molecule has 7 heteroatoms. The minimum Gasteiger partial charge on any atom is -0.396 e. The molecule has 0 radical (unpaired) electrons. The predicted octanol–water partition coefficient (Wildman–Crippen LogP) is 0.673. The molecule has 2 amide bonds. The summed E-state index contributed by atoms with van der Waals surface area (Å²) >= 11 is 0. The van der Waals surface area contributed by atoms with Crippen molar-refractivity contribution in [1.29, 1.82) is 0 Å². The molecule has 2 rings (SSSR count). The standard InChI is InChI=1S/C20H25N3O4/c1-20(2,21)17(19(26)23-27)22-18(25)14-9-7-13(8-10-14)5-3-4-6-15-11-16(15)12-24/h3,5,7-10,15-17,24,27H,11-12,21H2,1-2H3,(H,22,25)(H,23,26). The molecule has 27 heavy (non-hydrogen) atoms. The summed E-state index contributed by atoms with van der Waals surface area (Å²) in [5.41, 5.74) is 7.59. The average Bonchev–Trinajstić information content (AvgIpc) is 3.40. The molecule has 0 heterocycles. The number of aliphatic hydroxyl groups excluding tert-OH is 1. The molecule has 0 saturated heterocycles. The summed E-state index contributed by atoms with van der Waals surface area (Å²) in [6.07, 6.45) is 4.52. The first-order chi connectivity index (χ1) is 12.8. The van der Waals surface area contributed by atoms with Gasteiger partial charge in [0.1, 0.15) is 6.04 Å². The molecule has 144 valence electrons. The maximum atomic E-state index is 12.3. The summed E-state index contributed by atoms with van der Waals surface area (Å²) < 4.78 is 0. The molecule has 6 N–H and O–H groups in total. The monoisotopic (exact) mass is 371 g/mol. The number of nitrogens with two attached hydrogens (primary N) is 1. The Kier molecular flexibility index (Phi) is 6.75. The Labute approximate surface area is 158 Å². The second kappa shape index (κ2) is 8.82. The van der Waals surface area contributed by atoms with Crippen molar-refractivity contribution in [1.82, 2.24) is 10.8 Å². The van der Waals surface area contributed by atoms with Gasteiger partial charge in [-0.3, -0.25) is 14.8 Å². The van der Waals surface area contributed by atoms with E-state index in [0.29, 0.717) is 17.4 Å². The van der Waals surface area contributed by atoms with Crippen LogP contribution in [0, 0.1) is 23.7 Å². The van der Waals surface area contributed by atoms with Crippen LogP contribution in [0.15, 0.2) is 30.3 Å². The number of amides is 2. The van der Waals surface area contributed by atoms with Crippen LogP contribution in [0.3, 0.4) is 0 Å². The van der Waals surface area contributed by atoms with Gasteiger partial charge in [-0.1, -0.05) is 24.0 Å². The number of rotatable bonds is 6. The number of benzene rings is 1. The Hall–Kier alpha value is -2.66. The fraction of sp³-hybridized carbons (Fsp3) is 0.400. The first-order valence-electron chi connectivity index (χ1n) is 8.68. The lowest BCUT2D eigenvalue weighted by Crippen LogP contribution is -2.61. The van der Waals surface area contributed by atoms with Crippen LogP contribution in [0.2, 0.25) is 0 Å². The van der Waals surface area contributed by atoms with Gasteiger partial charge in [0, 0.05) is 23.6 Å². The van der Waals surface area contributed by atoms with Crippen LogP contribution < -0.4 is 16.5 Å². The minimum atomic E-state index is -1.09. The molecule has 3 unspecified atom stereocenters. The molecule has 1 aromatic rings. The van der Waals surface area contributed by atoms with E-state index in [-0.39, 0.29) is 6.61 Å². The lowest BCUT2D eigenvalue weighted by atomic mass is 9.95. The maximum Gasteiger partial charge on any atom is 0.267 e. The molecule has 1 saturated carbocycles. The van der Waals surface area contributed by atoms with Crippen molar-refractivity contribution < 1.29 is 19.9 Å². The predicted molar refractivity (Wildman–Crippen MR) is 101 cm³/mol. The molecule has 0 aromatic heterocycles. The van der Waals surface area contributed by atoms with Crippen molar-refractivity contribution in [3.63, 3.8) is 0 Å². The van der Waals surface area contributed by atoms with Gasteiger partial charge in [-0.25, -0.2) is 5.48 Å². The van der Waals surface area contributed by atoms with Crippen molar-refractivity contribution in [3.05, 3.63) is 41.5 Å². The lowest BCUT2D eigenvalue weighted by Gasteiger charge is -2.29. The van der Waals surface area contributed by atoms with Crippen molar-refractivity contribution in [2.45, 2.75) is 31.8 Å². The van der Waals surface area contributed by atoms with Gasteiger partial charge in [0.25, 0.3) is 11.8 Å². The Morgan fingerprint density at radius 3 is 2.56 bits per heavy atom. The van der Waals surface area contributed by atoms with E-state index >= 15 is 0 Å². The van der Waals surface area contributed by atoms with Gasteiger partial charge in [-0.2, -0.15) is 0 Å². The number of carbonyl (C=O) groups excluding carboxylic acids is 2. The van der Waals surface area contributed by atoms with Gasteiger partial charge in [0.15, 0.2) is 0 Å². The maximum absolute atomic E-state index is 12.3. The van der Waals surface area contributed by atoms with Crippen LogP contribution in [-0.2, 0) is 4.79 Å². The third-order valence-electron chi connectivity index (χ3n) is 4.35. The zero-order valence-electron chi connectivity index (χ0n) is 15.4. The Morgan fingerprint density at radius 1 is 1.37 bits per heavy atom. The topological polar surface area (TPSA) is 125 Å². The summed E-state index contributed by atoms with van der Waals surface area (Å²) in [4.78, 5) is 24.1. The summed E-state index contributed by atoms with van der Waals surface area (Å²) in [5.74, 6) is 5.39. The summed E-state index contributed by atoms with van der Waals surface area (Å²) in [6.45, 7) is 3.34. The normalized spacial score (nSPS) is 19.7. The highest BCUT2D eigenvalue weighted by Gasteiger charge is 2.34. The molecule has 1 aromatic carbocycles. The third-order valence-corrected chi connectivity index (χ3v) is 4.35. The largest absolute Gasteiger partial charge is 0.396 e. The van der Waals surface area contributed by atoms with Crippen LogP contribution in [0.5, 0.6) is 0 Å². The molecule has 0 bridgehead atoms. The van der Waals surface area contributed by atoms with Gasteiger partial charge < -0.3 is 16.2 Å². The summed E-state index contributed by atoms with van der Waals surface area (Å²) in [6, 6.07) is 5.69. The number of allylic oxidation sites excluding steroid dienone is 1. The molecular formula is C20H25N3O4. The second-order valence-corrected chi connectivity index (χ2v) is 7.23. The number of hydroxylamine groups is 1. The Balaban J connectivity index is 1.97. The third kappa shape index (κ3) is 5.93. The molecule has 0 spiro atoms. The van der Waals surface area contributed by atoms with Crippen molar-refractivity contribution >= 4 is 17.9 Å². The summed E-state index contributed by atoms with van der Waals surface area (Å²) in [7, 11) is 0. The summed E-state index contributed by atoms with van der Waals surface area (Å²) in [5, 5.41) is 20.3. The van der Waals surface area contributed by atoms with Crippen molar-refractivity contribution in [2.75, 3.05) is 6.61 Å². The SMILES string of the molecule is CC(C)(N)C(NC(=O)c1ccc(C=CC#CC2CC2CO)cc1)C(=O)NO. The molecule has 1 aliphatic carbocycles. The van der Waals surface area contributed by atoms with E-state index in [0.717, 1.165) is 12.0 Å². The quantitative estimate of drug-likeness (QED) is 0.286.